The van der Waals surface area contributed by atoms with E-state index >= 15 is 0 Å². The van der Waals surface area contributed by atoms with Gasteiger partial charge < -0.3 is 15.2 Å². The molecule has 4 heteroatoms. The lowest BCUT2D eigenvalue weighted by atomic mass is 9.93. The lowest BCUT2D eigenvalue weighted by Crippen LogP contribution is -2.31. The molecule has 1 saturated carbocycles. The SMILES string of the molecule is COCCCOc1cc(C[C@@H](N)C2(C)CC2)ccc1Cl. The van der Waals surface area contributed by atoms with Crippen LogP contribution in [0.4, 0.5) is 0 Å². The third-order valence-electron chi connectivity index (χ3n) is 4.14. The minimum atomic E-state index is 0.213. The van der Waals surface area contributed by atoms with E-state index in [4.69, 9.17) is 26.8 Å². The molecule has 1 aliphatic rings. The van der Waals surface area contributed by atoms with Crippen LogP contribution >= 0.6 is 11.6 Å². The molecule has 1 aromatic carbocycles. The highest BCUT2D eigenvalue weighted by Gasteiger charge is 2.42. The van der Waals surface area contributed by atoms with Gasteiger partial charge in [0.1, 0.15) is 5.75 Å². The molecule has 0 amide bonds. The van der Waals surface area contributed by atoms with E-state index in [1.54, 1.807) is 7.11 Å². The maximum absolute atomic E-state index is 6.28. The molecule has 1 aliphatic carbocycles. The third-order valence-corrected chi connectivity index (χ3v) is 4.45. The first kappa shape index (κ1) is 15.6. The molecule has 2 N–H and O–H groups in total. The molecule has 1 atom stereocenters. The Labute approximate surface area is 126 Å². The van der Waals surface area contributed by atoms with E-state index in [1.807, 2.05) is 18.2 Å². The van der Waals surface area contributed by atoms with Crippen molar-refractivity contribution >= 4 is 11.6 Å². The fraction of sp³-hybridized carbons (Fsp3) is 0.625. The van der Waals surface area contributed by atoms with Gasteiger partial charge in [0.25, 0.3) is 0 Å². The second kappa shape index (κ2) is 6.79. The highest BCUT2D eigenvalue weighted by molar-refractivity contribution is 6.32. The molecule has 1 aromatic rings. The van der Waals surface area contributed by atoms with Crippen LogP contribution in [0.2, 0.25) is 5.02 Å². The van der Waals surface area contributed by atoms with Crippen LogP contribution < -0.4 is 10.5 Å². The molecular weight excluding hydrogens is 274 g/mol. The van der Waals surface area contributed by atoms with Gasteiger partial charge in [-0.3, -0.25) is 0 Å². The van der Waals surface area contributed by atoms with Crippen molar-refractivity contribution in [2.45, 2.75) is 38.6 Å². The maximum Gasteiger partial charge on any atom is 0.138 e. The van der Waals surface area contributed by atoms with Gasteiger partial charge in [-0.15, -0.1) is 0 Å². The van der Waals surface area contributed by atoms with Gasteiger partial charge in [0, 0.05) is 26.2 Å². The summed E-state index contributed by atoms with van der Waals surface area (Å²) in [5.74, 6) is 0.744. The van der Waals surface area contributed by atoms with Crippen LogP contribution in [0.3, 0.4) is 0 Å². The molecular formula is C16H24ClNO2. The molecule has 0 aromatic heterocycles. The van der Waals surface area contributed by atoms with Crippen molar-refractivity contribution in [3.05, 3.63) is 28.8 Å². The van der Waals surface area contributed by atoms with E-state index in [0.717, 1.165) is 18.6 Å². The van der Waals surface area contributed by atoms with Crippen LogP contribution in [-0.4, -0.2) is 26.4 Å². The van der Waals surface area contributed by atoms with Crippen molar-refractivity contribution in [3.8, 4) is 5.75 Å². The van der Waals surface area contributed by atoms with Crippen molar-refractivity contribution < 1.29 is 9.47 Å². The second-order valence-corrected chi connectivity index (χ2v) is 6.33. The zero-order valence-electron chi connectivity index (χ0n) is 12.3. The number of methoxy groups -OCH3 is 1. The predicted molar refractivity (Wildman–Crippen MR) is 82.5 cm³/mol. The van der Waals surface area contributed by atoms with Gasteiger partial charge in [-0.1, -0.05) is 24.6 Å². The summed E-state index contributed by atoms with van der Waals surface area (Å²) < 4.78 is 10.7. The van der Waals surface area contributed by atoms with Crippen LogP contribution in [0.25, 0.3) is 0 Å². The Morgan fingerprint density at radius 2 is 2.10 bits per heavy atom. The molecule has 0 bridgehead atoms. The summed E-state index contributed by atoms with van der Waals surface area (Å²) in [7, 11) is 1.69. The molecule has 0 heterocycles. The van der Waals surface area contributed by atoms with Crippen LogP contribution in [0.1, 0.15) is 31.7 Å². The number of ether oxygens (including phenoxy) is 2. The highest BCUT2D eigenvalue weighted by atomic mass is 35.5. The lowest BCUT2D eigenvalue weighted by molar-refractivity contribution is 0.172. The summed E-state index contributed by atoms with van der Waals surface area (Å²) in [5, 5.41) is 0.650. The Morgan fingerprint density at radius 3 is 2.75 bits per heavy atom. The number of hydrogen-bond donors (Lipinski definition) is 1. The quantitative estimate of drug-likeness (QED) is 0.748. The van der Waals surface area contributed by atoms with Crippen LogP contribution in [0, 0.1) is 5.41 Å². The largest absolute Gasteiger partial charge is 0.492 e. The second-order valence-electron chi connectivity index (χ2n) is 5.92. The summed E-state index contributed by atoms with van der Waals surface area (Å²) >= 11 is 6.16. The van der Waals surface area contributed by atoms with E-state index in [2.05, 4.69) is 6.92 Å². The summed E-state index contributed by atoms with van der Waals surface area (Å²) in [6.07, 6.45) is 4.21. The number of benzene rings is 1. The summed E-state index contributed by atoms with van der Waals surface area (Å²) in [5.41, 5.74) is 7.81. The number of hydrogen-bond acceptors (Lipinski definition) is 3. The molecule has 0 spiro atoms. The average molecular weight is 298 g/mol. The monoisotopic (exact) mass is 297 g/mol. The van der Waals surface area contributed by atoms with E-state index in [1.165, 1.54) is 18.4 Å². The van der Waals surface area contributed by atoms with E-state index < -0.39 is 0 Å². The molecule has 3 nitrogen and oxygen atoms in total. The van der Waals surface area contributed by atoms with Gasteiger partial charge in [-0.05, 0) is 42.4 Å². The molecule has 2 rings (SSSR count). The lowest BCUT2D eigenvalue weighted by Gasteiger charge is -2.19. The molecule has 0 unspecified atom stereocenters. The standard InChI is InChI=1S/C16H24ClNO2/c1-16(6-7-16)15(18)11-12-4-5-13(17)14(10-12)20-9-3-8-19-2/h4-5,10,15H,3,6-9,11,18H2,1-2H3/t15-/m1/s1. The number of nitrogens with two attached hydrogens (primary N) is 1. The van der Waals surface area contributed by atoms with Crippen molar-refractivity contribution in [1.29, 1.82) is 0 Å². The molecule has 1 fully saturated rings. The Morgan fingerprint density at radius 1 is 1.35 bits per heavy atom. The molecule has 0 saturated heterocycles. The van der Waals surface area contributed by atoms with Gasteiger partial charge in [0.15, 0.2) is 0 Å². The maximum atomic E-state index is 6.28. The number of halogens is 1. The highest BCUT2D eigenvalue weighted by Crippen LogP contribution is 2.48. The first-order valence-corrected chi connectivity index (χ1v) is 7.59. The number of rotatable bonds is 8. The first-order chi connectivity index (χ1) is 9.55. The first-order valence-electron chi connectivity index (χ1n) is 7.21. The Hall–Kier alpha value is -0.770. The van der Waals surface area contributed by atoms with Gasteiger partial charge in [0.2, 0.25) is 0 Å². The van der Waals surface area contributed by atoms with E-state index in [9.17, 15) is 0 Å². The van der Waals surface area contributed by atoms with Crippen molar-refractivity contribution in [1.82, 2.24) is 0 Å². The van der Waals surface area contributed by atoms with Gasteiger partial charge >= 0.3 is 0 Å². The molecule has 112 valence electrons. The smallest absolute Gasteiger partial charge is 0.138 e. The zero-order valence-corrected chi connectivity index (χ0v) is 13.1. The minimum absolute atomic E-state index is 0.213. The van der Waals surface area contributed by atoms with Gasteiger partial charge in [-0.25, -0.2) is 0 Å². The average Bonchev–Trinajstić information content (AvgIpc) is 3.17. The zero-order chi connectivity index (χ0) is 14.6. The molecule has 0 radical (unpaired) electrons. The fourth-order valence-corrected chi connectivity index (χ4v) is 2.41. The van der Waals surface area contributed by atoms with Crippen molar-refractivity contribution in [3.63, 3.8) is 0 Å². The Balaban J connectivity index is 1.93. The normalized spacial score (nSPS) is 17.8. The van der Waals surface area contributed by atoms with E-state index in [-0.39, 0.29) is 6.04 Å². The molecule has 20 heavy (non-hydrogen) atoms. The van der Waals surface area contributed by atoms with Gasteiger partial charge in [0.05, 0.1) is 11.6 Å². The summed E-state index contributed by atoms with van der Waals surface area (Å²) in [4.78, 5) is 0. The van der Waals surface area contributed by atoms with Crippen molar-refractivity contribution in [2.75, 3.05) is 20.3 Å². The van der Waals surface area contributed by atoms with Crippen LogP contribution in [0.15, 0.2) is 18.2 Å². The summed E-state index contributed by atoms with van der Waals surface area (Å²) in [6, 6.07) is 6.16. The van der Waals surface area contributed by atoms with E-state index in [0.29, 0.717) is 23.7 Å². The van der Waals surface area contributed by atoms with Crippen LogP contribution in [-0.2, 0) is 11.2 Å². The van der Waals surface area contributed by atoms with Crippen LogP contribution in [0.5, 0.6) is 5.75 Å². The van der Waals surface area contributed by atoms with Gasteiger partial charge in [-0.2, -0.15) is 0 Å². The Kier molecular flexibility index (Phi) is 5.30. The Bertz CT molecular complexity index is 446. The van der Waals surface area contributed by atoms with Crippen molar-refractivity contribution in [2.24, 2.45) is 11.1 Å². The minimum Gasteiger partial charge on any atom is -0.492 e. The molecule has 0 aliphatic heterocycles. The fourth-order valence-electron chi connectivity index (χ4n) is 2.24. The summed E-state index contributed by atoms with van der Waals surface area (Å²) in [6.45, 7) is 3.57. The third kappa shape index (κ3) is 4.11. The predicted octanol–water partition coefficient (Wildman–Crippen LogP) is 3.43. The topological polar surface area (TPSA) is 44.5 Å².